The number of benzene rings is 1. The highest BCUT2D eigenvalue weighted by atomic mass is 35.5. The van der Waals surface area contributed by atoms with Crippen molar-refractivity contribution in [1.82, 2.24) is 9.55 Å². The lowest BCUT2D eigenvalue weighted by atomic mass is 10.1. The molecule has 2 aromatic heterocycles. The molecule has 0 radical (unpaired) electrons. The number of halogens is 1. The quantitative estimate of drug-likeness (QED) is 0.700. The average Bonchev–Trinajstić information content (AvgIpc) is 3.17. The molecule has 1 N–H and O–H groups in total. The van der Waals surface area contributed by atoms with Crippen molar-refractivity contribution in [2.45, 2.75) is 25.3 Å². The Morgan fingerprint density at radius 2 is 2.08 bits per heavy atom. The Morgan fingerprint density at radius 1 is 1.36 bits per heavy atom. The number of aromatic hydroxyl groups is 1. The van der Waals surface area contributed by atoms with E-state index in [2.05, 4.69) is 11.9 Å². The fourth-order valence-electron chi connectivity index (χ4n) is 3.69. The zero-order chi connectivity index (χ0) is 17.7. The maximum absolute atomic E-state index is 13.3. The molecule has 0 aliphatic carbocycles. The second-order valence-electron chi connectivity index (χ2n) is 6.33. The molecule has 3 heterocycles. The number of thiazole rings is 1. The van der Waals surface area contributed by atoms with E-state index in [1.165, 1.54) is 11.3 Å². The van der Waals surface area contributed by atoms with E-state index in [-0.39, 0.29) is 23.4 Å². The first kappa shape index (κ1) is 16.3. The van der Waals surface area contributed by atoms with E-state index in [1.54, 1.807) is 22.4 Å². The van der Waals surface area contributed by atoms with Crippen LogP contribution in [-0.2, 0) is 7.05 Å². The molecule has 5 nitrogen and oxygen atoms in total. The van der Waals surface area contributed by atoms with Gasteiger partial charge in [0, 0.05) is 12.6 Å². The molecule has 0 bridgehead atoms. The third-order valence-corrected chi connectivity index (χ3v) is 6.00. The van der Waals surface area contributed by atoms with Gasteiger partial charge in [-0.05, 0) is 5.56 Å². The van der Waals surface area contributed by atoms with Gasteiger partial charge in [-0.3, -0.25) is 0 Å². The monoisotopic (exact) mass is 374 g/mol. The Hall–Kier alpha value is -2.18. The number of rotatable bonds is 2. The van der Waals surface area contributed by atoms with E-state index in [0.29, 0.717) is 15.6 Å². The van der Waals surface area contributed by atoms with Crippen molar-refractivity contribution >= 4 is 22.9 Å². The van der Waals surface area contributed by atoms with E-state index in [4.69, 9.17) is 11.6 Å². The first-order chi connectivity index (χ1) is 12.0. The van der Waals surface area contributed by atoms with Crippen molar-refractivity contribution in [3.63, 3.8) is 0 Å². The van der Waals surface area contributed by atoms with Gasteiger partial charge in [0.1, 0.15) is 6.04 Å². The van der Waals surface area contributed by atoms with Crippen LogP contribution >= 0.6 is 22.9 Å². The van der Waals surface area contributed by atoms with Gasteiger partial charge in [-0.2, -0.15) is 4.57 Å². The number of hydrogen-bond donors (Lipinski definition) is 1. The minimum Gasteiger partial charge on any atom is -0.477 e. The SMILES string of the molecule is CC1CC(c2cnc(Cl)s2)n2c1[n+](C)c(O)c(-c1ccccc1)c2=O. The molecule has 4 rings (SSSR count). The lowest BCUT2D eigenvalue weighted by Gasteiger charge is -2.11. The van der Waals surface area contributed by atoms with Gasteiger partial charge in [-0.25, -0.2) is 14.3 Å². The Bertz CT molecular complexity index is 1010. The molecule has 1 aromatic carbocycles. The molecule has 25 heavy (non-hydrogen) atoms. The van der Waals surface area contributed by atoms with Crippen LogP contribution in [0.25, 0.3) is 11.1 Å². The summed E-state index contributed by atoms with van der Waals surface area (Å²) in [7, 11) is 1.80. The molecule has 3 aromatic rings. The molecule has 0 fully saturated rings. The zero-order valence-electron chi connectivity index (χ0n) is 13.8. The van der Waals surface area contributed by atoms with E-state index in [0.717, 1.165) is 17.1 Å². The van der Waals surface area contributed by atoms with Gasteiger partial charge >= 0.3 is 5.56 Å². The highest BCUT2D eigenvalue weighted by Crippen LogP contribution is 2.40. The fraction of sp³-hybridized carbons (Fsp3) is 0.278. The number of aromatic nitrogens is 3. The lowest BCUT2D eigenvalue weighted by molar-refractivity contribution is -0.689. The molecular formula is C18H17ClN3O2S+. The highest BCUT2D eigenvalue weighted by molar-refractivity contribution is 7.15. The average molecular weight is 375 g/mol. The molecular weight excluding hydrogens is 358 g/mol. The zero-order valence-corrected chi connectivity index (χ0v) is 15.4. The molecule has 1 aliphatic rings. The Kier molecular flexibility index (Phi) is 3.89. The lowest BCUT2D eigenvalue weighted by Crippen LogP contribution is -2.43. The van der Waals surface area contributed by atoms with Crippen LogP contribution in [0.1, 0.15) is 36.0 Å². The molecule has 0 amide bonds. The van der Waals surface area contributed by atoms with Gasteiger partial charge in [-0.15, -0.1) is 11.3 Å². The van der Waals surface area contributed by atoms with Crippen LogP contribution in [-0.4, -0.2) is 14.7 Å². The molecule has 2 atom stereocenters. The van der Waals surface area contributed by atoms with Crippen LogP contribution in [0.3, 0.4) is 0 Å². The van der Waals surface area contributed by atoms with Crippen LogP contribution in [0.4, 0.5) is 0 Å². The largest absolute Gasteiger partial charge is 0.477 e. The molecule has 0 saturated heterocycles. The second kappa shape index (κ2) is 5.97. The summed E-state index contributed by atoms with van der Waals surface area (Å²) in [4.78, 5) is 18.4. The van der Waals surface area contributed by atoms with Crippen molar-refractivity contribution in [2.75, 3.05) is 0 Å². The van der Waals surface area contributed by atoms with Crippen molar-refractivity contribution in [2.24, 2.45) is 7.05 Å². The topological polar surface area (TPSA) is 59.0 Å². The minimum atomic E-state index is -0.185. The molecule has 1 aliphatic heterocycles. The van der Waals surface area contributed by atoms with Crippen LogP contribution in [0.5, 0.6) is 5.88 Å². The van der Waals surface area contributed by atoms with Gasteiger partial charge in [0.15, 0.2) is 10.0 Å². The summed E-state index contributed by atoms with van der Waals surface area (Å²) in [6.07, 6.45) is 2.51. The maximum atomic E-state index is 13.3. The Morgan fingerprint density at radius 3 is 2.72 bits per heavy atom. The van der Waals surface area contributed by atoms with Crippen LogP contribution in [0.2, 0.25) is 4.47 Å². The van der Waals surface area contributed by atoms with Crippen LogP contribution in [0, 0.1) is 0 Å². The van der Waals surface area contributed by atoms with Gasteiger partial charge in [0.25, 0.3) is 11.7 Å². The van der Waals surface area contributed by atoms with Gasteiger partial charge < -0.3 is 5.11 Å². The Balaban J connectivity index is 2.01. The third kappa shape index (κ3) is 2.48. The van der Waals surface area contributed by atoms with Crippen molar-refractivity contribution < 1.29 is 9.67 Å². The summed E-state index contributed by atoms with van der Waals surface area (Å²) in [6, 6.07) is 9.15. The third-order valence-electron chi connectivity index (χ3n) is 4.78. The van der Waals surface area contributed by atoms with Crippen LogP contribution < -0.4 is 10.1 Å². The minimum absolute atomic E-state index is 0.00251. The number of fused-ring (bicyclic) bond motifs is 1. The smallest absolute Gasteiger partial charge is 0.349 e. The fourth-order valence-corrected chi connectivity index (χ4v) is 4.75. The summed E-state index contributed by atoms with van der Waals surface area (Å²) in [5.74, 6) is 0.952. The normalized spacial score (nSPS) is 19.2. The second-order valence-corrected chi connectivity index (χ2v) is 7.97. The van der Waals surface area contributed by atoms with Gasteiger partial charge in [0.2, 0.25) is 0 Å². The number of nitrogens with zero attached hydrogens (tertiary/aromatic N) is 3. The molecule has 0 spiro atoms. The summed E-state index contributed by atoms with van der Waals surface area (Å²) in [5, 5.41) is 10.7. The molecule has 2 unspecified atom stereocenters. The van der Waals surface area contributed by atoms with E-state index in [1.807, 2.05) is 30.3 Å². The summed E-state index contributed by atoms with van der Waals surface area (Å²) < 4.78 is 3.98. The summed E-state index contributed by atoms with van der Waals surface area (Å²) >= 11 is 7.39. The van der Waals surface area contributed by atoms with E-state index in [9.17, 15) is 9.90 Å². The van der Waals surface area contributed by atoms with Gasteiger partial charge in [-0.1, -0.05) is 48.9 Å². The number of hydrogen-bond acceptors (Lipinski definition) is 4. The first-order valence-electron chi connectivity index (χ1n) is 8.03. The summed E-state index contributed by atoms with van der Waals surface area (Å²) in [6.45, 7) is 2.07. The van der Waals surface area contributed by atoms with Gasteiger partial charge in [0.05, 0.1) is 17.8 Å². The standard InChI is InChI=1S/C18H16ClN3O2S/c1-10-8-12(13-9-20-18(19)25-13)22-15(10)21(2)16(23)14(17(22)24)11-6-4-3-5-7-11/h3-7,9-10,12H,8H2,1-2H3/p+1. The maximum Gasteiger partial charge on any atom is 0.349 e. The first-order valence-corrected chi connectivity index (χ1v) is 9.22. The van der Waals surface area contributed by atoms with Crippen LogP contribution in [0.15, 0.2) is 41.3 Å². The van der Waals surface area contributed by atoms with Crippen molar-refractivity contribution in [1.29, 1.82) is 0 Å². The van der Waals surface area contributed by atoms with E-state index >= 15 is 0 Å². The van der Waals surface area contributed by atoms with Crippen molar-refractivity contribution in [3.8, 4) is 17.0 Å². The molecule has 7 heteroatoms. The molecule has 0 saturated carbocycles. The Labute approximate surface area is 153 Å². The highest BCUT2D eigenvalue weighted by Gasteiger charge is 2.43. The predicted octanol–water partition coefficient (Wildman–Crippen LogP) is 3.25. The molecule has 128 valence electrons. The summed E-state index contributed by atoms with van der Waals surface area (Å²) in [5.41, 5.74) is 0.841. The van der Waals surface area contributed by atoms with Crippen molar-refractivity contribution in [3.05, 3.63) is 62.1 Å². The predicted molar refractivity (Wildman–Crippen MR) is 97.3 cm³/mol. The van der Waals surface area contributed by atoms with E-state index < -0.39 is 0 Å².